The summed E-state index contributed by atoms with van der Waals surface area (Å²) in [6.45, 7) is -0.160. The Balaban J connectivity index is 1.84. The van der Waals surface area contributed by atoms with Gasteiger partial charge >= 0.3 is 0 Å². The van der Waals surface area contributed by atoms with Crippen molar-refractivity contribution in [2.45, 2.75) is 11.3 Å². The number of hydrogen-bond donors (Lipinski definition) is 4. The molecule has 1 heterocycles. The fourth-order valence-corrected chi connectivity index (χ4v) is 3.51. The Morgan fingerprint density at radius 3 is 2.43 bits per heavy atom. The van der Waals surface area contributed by atoms with E-state index in [1.54, 1.807) is 12.3 Å². The van der Waals surface area contributed by atoms with Gasteiger partial charge in [0.25, 0.3) is 5.91 Å². The molecule has 10 nitrogen and oxygen atoms in total. The number of methoxy groups -OCH3 is 2. The molecule has 0 aliphatic heterocycles. The number of aromatic amines is 1. The Kier molecular flexibility index (Phi) is 7.43. The molecule has 0 saturated carbocycles. The number of ether oxygens (including phenoxy) is 2. The molecule has 152 valence electrons. The van der Waals surface area contributed by atoms with Gasteiger partial charge in [-0.15, -0.1) is 0 Å². The lowest BCUT2D eigenvalue weighted by molar-refractivity contribution is -0.121. The van der Waals surface area contributed by atoms with Crippen molar-refractivity contribution in [2.75, 3.05) is 20.8 Å². The van der Waals surface area contributed by atoms with Crippen molar-refractivity contribution in [3.8, 4) is 11.5 Å². The quantitative estimate of drug-likeness (QED) is 0.419. The zero-order valence-corrected chi connectivity index (χ0v) is 17.4. The summed E-state index contributed by atoms with van der Waals surface area (Å²) in [6, 6.07) is 5.68. The first-order valence-electron chi connectivity index (χ1n) is 7.91. The second-order valence-electron chi connectivity index (χ2n) is 5.40. The van der Waals surface area contributed by atoms with Gasteiger partial charge in [0.1, 0.15) is 5.69 Å². The topological polar surface area (TPSA) is 139 Å². The van der Waals surface area contributed by atoms with Crippen LogP contribution in [0.1, 0.15) is 16.9 Å². The number of hydrogen-bond acceptors (Lipinski definition) is 6. The van der Waals surface area contributed by atoms with Crippen LogP contribution in [0, 0.1) is 0 Å². The van der Waals surface area contributed by atoms with Crippen LogP contribution in [0.5, 0.6) is 11.5 Å². The summed E-state index contributed by atoms with van der Waals surface area (Å²) in [4.78, 5) is 26.2. The second-order valence-corrected chi connectivity index (χ2v) is 8.08. The molecule has 0 radical (unpaired) electrons. The predicted molar refractivity (Wildman–Crippen MR) is 103 cm³/mol. The number of rotatable bonds is 8. The Labute approximate surface area is 170 Å². The summed E-state index contributed by atoms with van der Waals surface area (Å²) in [7, 11) is -1.01. The molecule has 0 spiro atoms. The molecule has 12 heteroatoms. The molecule has 2 rings (SSSR count). The summed E-state index contributed by atoms with van der Waals surface area (Å²) in [5.74, 6) is -0.439. The molecule has 0 unspecified atom stereocenters. The van der Waals surface area contributed by atoms with Crippen LogP contribution in [0.4, 0.5) is 0 Å². The minimum absolute atomic E-state index is 0.0313. The van der Waals surface area contributed by atoms with E-state index in [0.29, 0.717) is 10.2 Å². The van der Waals surface area contributed by atoms with E-state index in [9.17, 15) is 18.0 Å². The third-order valence-corrected chi connectivity index (χ3v) is 5.43. The lowest BCUT2D eigenvalue weighted by Gasteiger charge is -2.11. The third kappa shape index (κ3) is 5.71. The van der Waals surface area contributed by atoms with E-state index in [1.165, 1.54) is 32.4 Å². The first kappa shape index (κ1) is 21.7. The molecule has 28 heavy (non-hydrogen) atoms. The van der Waals surface area contributed by atoms with E-state index >= 15 is 0 Å². The maximum atomic E-state index is 12.3. The SMILES string of the molecule is COc1ccc(S(=O)(=O)NCCC(=O)NNC(=O)c2cc(Br)c[nH]2)cc1OC. The van der Waals surface area contributed by atoms with Crippen LogP contribution in [0.25, 0.3) is 0 Å². The van der Waals surface area contributed by atoms with Crippen molar-refractivity contribution < 1.29 is 27.5 Å². The summed E-state index contributed by atoms with van der Waals surface area (Å²) in [5.41, 5.74) is 4.68. The van der Waals surface area contributed by atoms with Gasteiger partial charge in [0.05, 0.1) is 19.1 Å². The largest absolute Gasteiger partial charge is 0.493 e. The molecule has 0 bridgehead atoms. The summed E-state index contributed by atoms with van der Waals surface area (Å²) < 4.78 is 37.8. The normalized spacial score (nSPS) is 11.0. The monoisotopic (exact) mass is 474 g/mol. The molecule has 0 aliphatic rings. The van der Waals surface area contributed by atoms with Crippen molar-refractivity contribution in [3.63, 3.8) is 0 Å². The van der Waals surface area contributed by atoms with E-state index in [4.69, 9.17) is 9.47 Å². The van der Waals surface area contributed by atoms with Gasteiger partial charge < -0.3 is 14.5 Å². The Morgan fingerprint density at radius 1 is 1.11 bits per heavy atom. The Morgan fingerprint density at radius 2 is 1.82 bits per heavy atom. The third-order valence-electron chi connectivity index (χ3n) is 3.52. The first-order chi connectivity index (χ1) is 13.3. The maximum absolute atomic E-state index is 12.3. The van der Waals surface area contributed by atoms with Crippen LogP contribution >= 0.6 is 15.9 Å². The Hall–Kier alpha value is -2.57. The van der Waals surface area contributed by atoms with Gasteiger partial charge in [0.2, 0.25) is 15.9 Å². The first-order valence-corrected chi connectivity index (χ1v) is 10.2. The van der Waals surface area contributed by atoms with Gasteiger partial charge in [0, 0.05) is 29.7 Å². The van der Waals surface area contributed by atoms with Gasteiger partial charge in [-0.05, 0) is 34.1 Å². The number of carbonyl (C=O) groups is 2. The smallest absolute Gasteiger partial charge is 0.286 e. The fourth-order valence-electron chi connectivity index (χ4n) is 2.12. The number of H-pyrrole nitrogens is 1. The highest BCUT2D eigenvalue weighted by Crippen LogP contribution is 2.29. The average molecular weight is 475 g/mol. The number of halogens is 1. The number of sulfonamides is 1. The van der Waals surface area contributed by atoms with Crippen molar-refractivity contribution in [1.82, 2.24) is 20.6 Å². The summed E-state index contributed by atoms with van der Waals surface area (Å²) >= 11 is 3.19. The van der Waals surface area contributed by atoms with Crippen LogP contribution in [0.3, 0.4) is 0 Å². The molecule has 2 amide bonds. The van der Waals surface area contributed by atoms with E-state index in [1.807, 2.05) is 0 Å². The molecule has 2 aromatic rings. The summed E-state index contributed by atoms with van der Waals surface area (Å²) in [6.07, 6.45) is 1.39. The lowest BCUT2D eigenvalue weighted by Crippen LogP contribution is -2.42. The van der Waals surface area contributed by atoms with Crippen LogP contribution in [0.2, 0.25) is 0 Å². The lowest BCUT2D eigenvalue weighted by atomic mass is 10.3. The molecular weight excluding hydrogens is 456 g/mol. The molecule has 4 N–H and O–H groups in total. The number of benzene rings is 1. The maximum Gasteiger partial charge on any atom is 0.286 e. The number of carbonyl (C=O) groups excluding carboxylic acids is 2. The molecule has 0 atom stereocenters. The van der Waals surface area contributed by atoms with Gasteiger partial charge in [-0.1, -0.05) is 0 Å². The predicted octanol–water partition coefficient (Wildman–Crippen LogP) is 0.924. The van der Waals surface area contributed by atoms with Gasteiger partial charge in [-0.25, -0.2) is 13.1 Å². The minimum atomic E-state index is -3.85. The van der Waals surface area contributed by atoms with Gasteiger partial charge in [-0.3, -0.25) is 20.4 Å². The van der Waals surface area contributed by atoms with Crippen molar-refractivity contribution >= 4 is 37.8 Å². The van der Waals surface area contributed by atoms with Gasteiger partial charge in [0.15, 0.2) is 11.5 Å². The number of amides is 2. The van der Waals surface area contributed by atoms with E-state index < -0.39 is 21.8 Å². The van der Waals surface area contributed by atoms with Crippen LogP contribution in [-0.4, -0.2) is 46.0 Å². The fraction of sp³-hybridized carbons (Fsp3) is 0.250. The van der Waals surface area contributed by atoms with Crippen molar-refractivity contribution in [2.24, 2.45) is 0 Å². The van der Waals surface area contributed by atoms with E-state index in [0.717, 1.165) is 0 Å². The van der Waals surface area contributed by atoms with Crippen LogP contribution in [0.15, 0.2) is 39.8 Å². The molecule has 0 saturated heterocycles. The second kappa shape index (κ2) is 9.57. The van der Waals surface area contributed by atoms with E-state index in [2.05, 4.69) is 36.5 Å². The molecule has 0 fully saturated rings. The van der Waals surface area contributed by atoms with E-state index in [-0.39, 0.29) is 29.3 Å². The number of aromatic nitrogens is 1. The zero-order valence-electron chi connectivity index (χ0n) is 15.0. The number of nitrogens with one attached hydrogen (secondary N) is 4. The van der Waals surface area contributed by atoms with Crippen LogP contribution in [-0.2, 0) is 14.8 Å². The van der Waals surface area contributed by atoms with Crippen molar-refractivity contribution in [3.05, 3.63) is 40.6 Å². The average Bonchev–Trinajstić information content (AvgIpc) is 3.11. The highest BCUT2D eigenvalue weighted by molar-refractivity contribution is 9.10. The molecule has 1 aromatic heterocycles. The van der Waals surface area contributed by atoms with Gasteiger partial charge in [-0.2, -0.15) is 0 Å². The van der Waals surface area contributed by atoms with Crippen molar-refractivity contribution in [1.29, 1.82) is 0 Å². The zero-order chi connectivity index (χ0) is 20.7. The number of hydrazine groups is 1. The minimum Gasteiger partial charge on any atom is -0.493 e. The summed E-state index contributed by atoms with van der Waals surface area (Å²) in [5, 5.41) is 0. The molecular formula is C16H19BrN4O6S. The molecule has 0 aliphatic carbocycles. The standard InChI is InChI=1S/C16H19BrN4O6S/c1-26-13-4-3-11(8-14(13)27-2)28(24,25)19-6-5-15(22)20-21-16(23)12-7-10(17)9-18-12/h3-4,7-9,18-19H,5-6H2,1-2H3,(H,20,22)(H,21,23). The highest BCUT2D eigenvalue weighted by atomic mass is 79.9. The highest BCUT2D eigenvalue weighted by Gasteiger charge is 2.17. The Bertz CT molecular complexity index is 960. The van der Waals surface area contributed by atoms with Crippen LogP contribution < -0.4 is 25.0 Å². The molecule has 1 aromatic carbocycles.